The van der Waals surface area contributed by atoms with Gasteiger partial charge in [-0.3, -0.25) is 9.69 Å². The van der Waals surface area contributed by atoms with Gasteiger partial charge in [0.05, 0.1) is 16.8 Å². The third-order valence-electron chi connectivity index (χ3n) is 9.20. The highest BCUT2D eigenvalue weighted by Gasteiger charge is 2.60. The standard InChI is InChI=1S/C27H34BrN5O3/c1-19-3-2-4-20(9-19)16-30-5-7-31(8-6-30)24(34)15-26-11-21-10-22(12-26)14-27(13-21,18-26)32-17-23(28)25(29-32)33(35)36/h2-4,9,17,21-22H,5-8,10-16,18H2,1H3. The Morgan fingerprint density at radius 1 is 1.17 bits per heavy atom. The number of aryl methyl sites for hydroxylation is 1. The van der Waals surface area contributed by atoms with E-state index >= 15 is 0 Å². The number of nitrogens with zero attached hydrogens (tertiary/aromatic N) is 5. The first-order valence-corrected chi connectivity index (χ1v) is 14.0. The number of amides is 1. The lowest BCUT2D eigenvalue weighted by Crippen LogP contribution is -2.58. The largest absolute Gasteiger partial charge is 0.404 e. The Balaban J connectivity index is 1.13. The molecule has 1 aromatic heterocycles. The third-order valence-corrected chi connectivity index (χ3v) is 9.76. The number of hydrogen-bond acceptors (Lipinski definition) is 5. The van der Waals surface area contributed by atoms with Crippen molar-refractivity contribution in [2.75, 3.05) is 26.2 Å². The monoisotopic (exact) mass is 555 g/mol. The zero-order chi connectivity index (χ0) is 25.1. The van der Waals surface area contributed by atoms with Crippen molar-refractivity contribution in [2.24, 2.45) is 17.3 Å². The summed E-state index contributed by atoms with van der Waals surface area (Å²) in [6.07, 6.45) is 8.77. The van der Waals surface area contributed by atoms with Crippen molar-refractivity contribution in [2.45, 2.75) is 64.0 Å². The van der Waals surface area contributed by atoms with Crippen LogP contribution < -0.4 is 0 Å². The number of hydrogen-bond donors (Lipinski definition) is 0. The number of halogens is 1. The molecule has 1 saturated heterocycles. The van der Waals surface area contributed by atoms with Gasteiger partial charge in [-0.05, 0) is 89.1 Å². The van der Waals surface area contributed by atoms with Crippen LogP contribution in [0.2, 0.25) is 0 Å². The molecule has 36 heavy (non-hydrogen) atoms. The average Bonchev–Trinajstić information content (AvgIpc) is 3.21. The molecule has 9 heteroatoms. The van der Waals surface area contributed by atoms with E-state index in [4.69, 9.17) is 0 Å². The molecule has 2 aromatic rings. The molecule has 0 radical (unpaired) electrons. The van der Waals surface area contributed by atoms with Crippen LogP contribution in [0.4, 0.5) is 5.82 Å². The van der Waals surface area contributed by atoms with E-state index in [-0.39, 0.29) is 22.7 Å². The maximum absolute atomic E-state index is 13.6. The zero-order valence-electron chi connectivity index (χ0n) is 20.9. The van der Waals surface area contributed by atoms with Crippen LogP contribution in [0.15, 0.2) is 34.9 Å². The van der Waals surface area contributed by atoms with Crippen LogP contribution in [0.3, 0.4) is 0 Å². The molecule has 8 nitrogen and oxygen atoms in total. The molecule has 4 aliphatic carbocycles. The molecule has 1 aromatic carbocycles. The third kappa shape index (κ3) is 4.38. The Kier molecular flexibility index (Phi) is 5.98. The Morgan fingerprint density at radius 3 is 2.53 bits per heavy atom. The molecule has 0 spiro atoms. The molecule has 0 N–H and O–H groups in total. The Morgan fingerprint density at radius 2 is 1.89 bits per heavy atom. The van der Waals surface area contributed by atoms with E-state index in [0.717, 1.165) is 64.8 Å². The molecule has 1 aliphatic heterocycles. The van der Waals surface area contributed by atoms with Crippen LogP contribution in [-0.2, 0) is 16.9 Å². The fourth-order valence-corrected chi connectivity index (χ4v) is 8.66. The predicted octanol–water partition coefficient (Wildman–Crippen LogP) is 4.89. The summed E-state index contributed by atoms with van der Waals surface area (Å²) in [5.41, 5.74) is 2.41. The molecule has 7 rings (SSSR count). The second kappa shape index (κ2) is 8.94. The topological polar surface area (TPSA) is 84.5 Å². The molecule has 5 aliphatic rings. The Hall–Kier alpha value is -2.26. The minimum absolute atomic E-state index is 0.00687. The average molecular weight is 557 g/mol. The first kappa shape index (κ1) is 24.1. The Bertz CT molecular complexity index is 1170. The smallest absolute Gasteiger partial charge is 0.358 e. The molecule has 1 amide bonds. The first-order valence-electron chi connectivity index (χ1n) is 13.2. The summed E-state index contributed by atoms with van der Waals surface area (Å²) in [5.74, 6) is 1.33. The highest BCUT2D eigenvalue weighted by atomic mass is 79.9. The molecular formula is C27H34BrN5O3. The summed E-state index contributed by atoms with van der Waals surface area (Å²) in [6.45, 7) is 6.46. The van der Waals surface area contributed by atoms with Gasteiger partial charge in [-0.25, -0.2) is 0 Å². The van der Waals surface area contributed by atoms with Crippen LogP contribution >= 0.6 is 15.9 Å². The van der Waals surface area contributed by atoms with E-state index in [0.29, 0.717) is 22.7 Å². The highest BCUT2D eigenvalue weighted by Crippen LogP contribution is 2.65. The minimum Gasteiger partial charge on any atom is -0.358 e. The highest BCUT2D eigenvalue weighted by molar-refractivity contribution is 9.10. The molecule has 2 unspecified atom stereocenters. The van der Waals surface area contributed by atoms with Crippen molar-refractivity contribution >= 4 is 27.7 Å². The van der Waals surface area contributed by atoms with E-state index in [1.807, 2.05) is 4.68 Å². The van der Waals surface area contributed by atoms with Crippen molar-refractivity contribution in [3.05, 3.63) is 56.2 Å². The quantitative estimate of drug-likeness (QED) is 0.374. The van der Waals surface area contributed by atoms with Gasteiger partial charge in [0.1, 0.15) is 4.47 Å². The van der Waals surface area contributed by atoms with E-state index in [9.17, 15) is 14.9 Å². The fourth-order valence-electron chi connectivity index (χ4n) is 8.24. The number of benzene rings is 1. The van der Waals surface area contributed by atoms with Gasteiger partial charge in [0.15, 0.2) is 0 Å². The first-order chi connectivity index (χ1) is 17.2. The van der Waals surface area contributed by atoms with Crippen LogP contribution in [0, 0.1) is 34.3 Å². The van der Waals surface area contributed by atoms with Gasteiger partial charge in [0, 0.05) is 39.1 Å². The SMILES string of the molecule is Cc1cccc(CN2CCN(C(=O)CC34CC5CC(C3)CC(n3cc(Br)c([N+](=O)[O-])n3)(C5)C4)CC2)c1. The number of nitro groups is 1. The lowest BCUT2D eigenvalue weighted by Gasteiger charge is -2.61. The zero-order valence-corrected chi connectivity index (χ0v) is 22.5. The van der Waals surface area contributed by atoms with Gasteiger partial charge in [0.2, 0.25) is 5.91 Å². The maximum Gasteiger partial charge on any atom is 0.404 e. The van der Waals surface area contributed by atoms with Crippen molar-refractivity contribution in [3.63, 3.8) is 0 Å². The molecular weight excluding hydrogens is 522 g/mol. The summed E-state index contributed by atoms with van der Waals surface area (Å²) in [6, 6.07) is 8.66. The normalized spacial score (nSPS) is 31.7. The summed E-state index contributed by atoms with van der Waals surface area (Å²) < 4.78 is 2.33. The Labute approximate surface area is 220 Å². The van der Waals surface area contributed by atoms with Gasteiger partial charge < -0.3 is 15.0 Å². The summed E-state index contributed by atoms with van der Waals surface area (Å²) >= 11 is 3.34. The minimum atomic E-state index is -0.418. The fraction of sp³-hybridized carbons (Fsp3) is 0.630. The molecule has 5 fully saturated rings. The predicted molar refractivity (Wildman–Crippen MR) is 139 cm³/mol. The second-order valence-corrected chi connectivity index (χ2v) is 12.9. The van der Waals surface area contributed by atoms with Crippen LogP contribution in [0.1, 0.15) is 56.1 Å². The molecule has 4 bridgehead atoms. The van der Waals surface area contributed by atoms with E-state index in [1.165, 1.54) is 17.5 Å². The molecule has 192 valence electrons. The molecule has 2 heterocycles. The van der Waals surface area contributed by atoms with E-state index in [1.54, 1.807) is 6.20 Å². The van der Waals surface area contributed by atoms with Gasteiger partial charge in [-0.1, -0.05) is 29.8 Å². The van der Waals surface area contributed by atoms with Crippen molar-refractivity contribution < 1.29 is 9.72 Å². The maximum atomic E-state index is 13.6. The van der Waals surface area contributed by atoms with Gasteiger partial charge >= 0.3 is 5.82 Å². The summed E-state index contributed by atoms with van der Waals surface area (Å²) in [4.78, 5) is 29.1. The van der Waals surface area contributed by atoms with E-state index < -0.39 is 4.92 Å². The number of carbonyl (C=O) groups is 1. The number of rotatable bonds is 6. The van der Waals surface area contributed by atoms with Crippen molar-refractivity contribution in [1.82, 2.24) is 19.6 Å². The lowest BCUT2D eigenvalue weighted by atomic mass is 9.46. The second-order valence-electron chi connectivity index (χ2n) is 12.0. The van der Waals surface area contributed by atoms with Gasteiger partial charge in [0.25, 0.3) is 0 Å². The molecule has 2 atom stereocenters. The number of aromatic nitrogens is 2. The van der Waals surface area contributed by atoms with Crippen LogP contribution in [0.25, 0.3) is 0 Å². The molecule has 4 saturated carbocycles. The lowest BCUT2D eigenvalue weighted by molar-refractivity contribution is -0.390. The number of piperazine rings is 1. The van der Waals surface area contributed by atoms with Gasteiger partial charge in [-0.15, -0.1) is 0 Å². The van der Waals surface area contributed by atoms with E-state index in [2.05, 4.69) is 62.0 Å². The summed E-state index contributed by atoms with van der Waals surface area (Å²) in [7, 11) is 0. The summed E-state index contributed by atoms with van der Waals surface area (Å²) in [5, 5.41) is 15.8. The van der Waals surface area contributed by atoms with Crippen LogP contribution in [0.5, 0.6) is 0 Å². The van der Waals surface area contributed by atoms with Crippen LogP contribution in [-0.4, -0.2) is 56.6 Å². The van der Waals surface area contributed by atoms with Gasteiger partial charge in [-0.2, -0.15) is 4.68 Å². The van der Waals surface area contributed by atoms with Crippen molar-refractivity contribution in [3.8, 4) is 0 Å². The van der Waals surface area contributed by atoms with Crippen molar-refractivity contribution in [1.29, 1.82) is 0 Å². The number of carbonyl (C=O) groups excluding carboxylic acids is 1.